The van der Waals surface area contributed by atoms with Crippen LogP contribution in [0.3, 0.4) is 0 Å². The lowest BCUT2D eigenvalue weighted by molar-refractivity contribution is 0.542. The molecular weight excluding hydrogens is 341 g/mol. The van der Waals surface area contributed by atoms with Crippen LogP contribution in [-0.2, 0) is 10.0 Å². The van der Waals surface area contributed by atoms with Crippen LogP contribution in [0.4, 0.5) is 4.39 Å². The molecule has 1 unspecified atom stereocenters. The summed E-state index contributed by atoms with van der Waals surface area (Å²) in [5.74, 6) is 1.41. The summed E-state index contributed by atoms with van der Waals surface area (Å²) in [5, 5.41) is 0. The molecule has 1 N–H and O–H groups in total. The molecule has 2 rings (SSSR count). The molecule has 1 fully saturated rings. The molecule has 0 spiro atoms. The van der Waals surface area contributed by atoms with Gasteiger partial charge in [-0.2, -0.15) is 11.8 Å². The summed E-state index contributed by atoms with van der Waals surface area (Å²) in [6, 6.07) is 3.54. The minimum Gasteiger partial charge on any atom is -0.207 e. The van der Waals surface area contributed by atoms with Crippen molar-refractivity contribution in [3.63, 3.8) is 0 Å². The van der Waals surface area contributed by atoms with Crippen LogP contribution < -0.4 is 4.72 Å². The number of hydrogen-bond acceptors (Lipinski definition) is 3. The first-order chi connectivity index (χ1) is 8.49. The molecule has 0 aromatic heterocycles. The summed E-state index contributed by atoms with van der Waals surface area (Å²) in [5.41, 5.74) is 0. The van der Waals surface area contributed by atoms with Gasteiger partial charge in [0, 0.05) is 16.3 Å². The zero-order chi connectivity index (χ0) is 13.2. The Bertz CT molecular complexity index is 530. The van der Waals surface area contributed by atoms with Crippen molar-refractivity contribution in [1.29, 1.82) is 0 Å². The summed E-state index contributed by atoms with van der Waals surface area (Å²) in [6.07, 6.45) is 1.87. The maximum atomic E-state index is 12.9. The smallest absolute Gasteiger partial charge is 0.207 e. The molecular formula is C11H13BrFNO2S2. The number of sulfonamides is 1. The molecule has 0 amide bonds. The van der Waals surface area contributed by atoms with Gasteiger partial charge in [-0.25, -0.2) is 17.5 Å². The van der Waals surface area contributed by atoms with Gasteiger partial charge in [0.05, 0.1) is 4.90 Å². The third-order valence-electron chi connectivity index (χ3n) is 2.67. The van der Waals surface area contributed by atoms with Crippen LogP contribution in [0.25, 0.3) is 0 Å². The van der Waals surface area contributed by atoms with Gasteiger partial charge in [-0.1, -0.05) is 0 Å². The molecule has 1 aliphatic rings. The SMILES string of the molecule is O=S(=O)(NC1CCCSC1)c1ccc(F)cc1Br. The number of thioether (sulfide) groups is 1. The first-order valence-electron chi connectivity index (χ1n) is 5.54. The lowest BCUT2D eigenvalue weighted by atomic mass is 10.2. The van der Waals surface area contributed by atoms with Gasteiger partial charge in [-0.15, -0.1) is 0 Å². The predicted octanol–water partition coefficient (Wildman–Crippen LogP) is 2.76. The molecule has 0 aliphatic carbocycles. The number of benzene rings is 1. The second-order valence-corrected chi connectivity index (χ2v) is 7.80. The van der Waals surface area contributed by atoms with Crippen LogP contribution in [0.2, 0.25) is 0 Å². The number of nitrogens with one attached hydrogen (secondary N) is 1. The lowest BCUT2D eigenvalue weighted by Crippen LogP contribution is -2.38. The second-order valence-electron chi connectivity index (χ2n) is 4.11. The van der Waals surface area contributed by atoms with Gasteiger partial charge in [0.2, 0.25) is 10.0 Å². The molecule has 18 heavy (non-hydrogen) atoms. The molecule has 3 nitrogen and oxygen atoms in total. The van der Waals surface area contributed by atoms with Gasteiger partial charge in [0.1, 0.15) is 5.82 Å². The highest BCUT2D eigenvalue weighted by Crippen LogP contribution is 2.24. The highest BCUT2D eigenvalue weighted by molar-refractivity contribution is 9.10. The van der Waals surface area contributed by atoms with E-state index in [-0.39, 0.29) is 15.4 Å². The van der Waals surface area contributed by atoms with E-state index in [9.17, 15) is 12.8 Å². The zero-order valence-electron chi connectivity index (χ0n) is 9.53. The number of rotatable bonds is 3. The van der Waals surface area contributed by atoms with Gasteiger partial charge < -0.3 is 0 Å². The average molecular weight is 354 g/mol. The molecule has 7 heteroatoms. The maximum absolute atomic E-state index is 12.9. The van der Waals surface area contributed by atoms with Crippen LogP contribution in [0.1, 0.15) is 12.8 Å². The molecule has 100 valence electrons. The fourth-order valence-corrected chi connectivity index (χ4v) is 5.31. The van der Waals surface area contributed by atoms with Gasteiger partial charge >= 0.3 is 0 Å². The Hall–Kier alpha value is -0.110. The Morgan fingerprint density at radius 3 is 2.83 bits per heavy atom. The minimum atomic E-state index is -3.58. The van der Waals surface area contributed by atoms with Crippen LogP contribution in [0.15, 0.2) is 27.6 Å². The molecule has 1 saturated heterocycles. The standard InChI is InChI=1S/C11H13BrFNO2S2/c12-10-6-8(13)3-4-11(10)18(15,16)14-9-2-1-5-17-7-9/h3-4,6,9,14H,1-2,5,7H2. The van der Waals surface area contributed by atoms with Gasteiger partial charge in [0.15, 0.2) is 0 Å². The summed E-state index contributed by atoms with van der Waals surface area (Å²) < 4.78 is 40.2. The fraction of sp³-hybridized carbons (Fsp3) is 0.455. The molecule has 0 bridgehead atoms. The Balaban J connectivity index is 2.19. The quantitative estimate of drug-likeness (QED) is 0.908. The molecule has 1 aromatic carbocycles. The highest BCUT2D eigenvalue weighted by atomic mass is 79.9. The fourth-order valence-electron chi connectivity index (χ4n) is 1.81. The Morgan fingerprint density at radius 2 is 2.22 bits per heavy atom. The van der Waals surface area contributed by atoms with E-state index in [1.54, 1.807) is 11.8 Å². The monoisotopic (exact) mass is 353 g/mol. The lowest BCUT2D eigenvalue weighted by Gasteiger charge is -2.22. The van der Waals surface area contributed by atoms with E-state index in [0.29, 0.717) is 0 Å². The molecule has 0 radical (unpaired) electrons. The van der Waals surface area contributed by atoms with Crippen molar-refractivity contribution in [2.45, 2.75) is 23.8 Å². The van der Waals surface area contributed by atoms with Crippen LogP contribution in [0.5, 0.6) is 0 Å². The Morgan fingerprint density at radius 1 is 1.44 bits per heavy atom. The van der Waals surface area contributed by atoms with Gasteiger partial charge in [0.25, 0.3) is 0 Å². The Kier molecular flexibility index (Phi) is 4.69. The third kappa shape index (κ3) is 3.46. The number of hydrogen-bond donors (Lipinski definition) is 1. The minimum absolute atomic E-state index is 0.0364. The summed E-state index contributed by atoms with van der Waals surface area (Å²) in [7, 11) is -3.58. The predicted molar refractivity (Wildman–Crippen MR) is 74.8 cm³/mol. The average Bonchev–Trinajstić information content (AvgIpc) is 2.29. The molecule has 1 aromatic rings. The van der Waals surface area contributed by atoms with Crippen molar-refractivity contribution in [1.82, 2.24) is 4.72 Å². The largest absolute Gasteiger partial charge is 0.241 e. The van der Waals surface area contributed by atoms with Crippen molar-refractivity contribution in [3.05, 3.63) is 28.5 Å². The van der Waals surface area contributed by atoms with E-state index < -0.39 is 15.8 Å². The van der Waals surface area contributed by atoms with Crippen molar-refractivity contribution >= 4 is 37.7 Å². The summed E-state index contributed by atoms with van der Waals surface area (Å²) in [6.45, 7) is 0. The van der Waals surface area contributed by atoms with Crippen molar-refractivity contribution in [2.75, 3.05) is 11.5 Å². The summed E-state index contributed by atoms with van der Waals surface area (Å²) in [4.78, 5) is 0.0828. The Labute approximate surface area is 119 Å². The van der Waals surface area contributed by atoms with Crippen LogP contribution in [-0.4, -0.2) is 26.0 Å². The zero-order valence-corrected chi connectivity index (χ0v) is 12.7. The third-order valence-corrected chi connectivity index (χ3v) is 6.38. The molecule has 1 aliphatic heterocycles. The van der Waals surface area contributed by atoms with E-state index in [4.69, 9.17) is 0 Å². The maximum Gasteiger partial charge on any atom is 0.241 e. The first kappa shape index (κ1) is 14.3. The van der Waals surface area contributed by atoms with Crippen molar-refractivity contribution < 1.29 is 12.8 Å². The van der Waals surface area contributed by atoms with E-state index in [0.717, 1.165) is 36.5 Å². The molecule has 1 heterocycles. The molecule has 1 atom stereocenters. The highest BCUT2D eigenvalue weighted by Gasteiger charge is 2.23. The first-order valence-corrected chi connectivity index (χ1v) is 8.97. The van der Waals surface area contributed by atoms with Crippen molar-refractivity contribution in [3.8, 4) is 0 Å². The van der Waals surface area contributed by atoms with Crippen LogP contribution in [0, 0.1) is 5.82 Å². The topological polar surface area (TPSA) is 46.2 Å². The molecule has 0 saturated carbocycles. The van der Waals surface area contributed by atoms with Crippen molar-refractivity contribution in [2.24, 2.45) is 0 Å². The van der Waals surface area contributed by atoms with E-state index >= 15 is 0 Å². The van der Waals surface area contributed by atoms with Gasteiger partial charge in [-0.05, 0) is 52.7 Å². The van der Waals surface area contributed by atoms with E-state index in [1.807, 2.05) is 0 Å². The summed E-state index contributed by atoms with van der Waals surface area (Å²) >= 11 is 4.83. The normalized spacial score (nSPS) is 20.9. The second kappa shape index (κ2) is 5.90. The van der Waals surface area contributed by atoms with E-state index in [2.05, 4.69) is 20.7 Å². The van der Waals surface area contributed by atoms with E-state index in [1.165, 1.54) is 6.07 Å². The van der Waals surface area contributed by atoms with Crippen LogP contribution >= 0.6 is 27.7 Å². The number of halogens is 2. The van der Waals surface area contributed by atoms with Gasteiger partial charge in [-0.3, -0.25) is 0 Å².